The first kappa shape index (κ1) is 15.0. The number of carbonyl (C=O) groups excluding carboxylic acids is 1. The Balaban J connectivity index is 2.00. The van der Waals surface area contributed by atoms with Gasteiger partial charge in [0.05, 0.1) is 5.02 Å². The SMILES string of the molecule is CC(=O)c1cnc(Nc2ccc(F)c(Cl)c2)c2c1CCCC2. The van der Waals surface area contributed by atoms with Crippen LogP contribution in [0.4, 0.5) is 15.9 Å². The van der Waals surface area contributed by atoms with Crippen molar-refractivity contribution in [3.63, 3.8) is 0 Å². The number of halogens is 2. The molecular weight excluding hydrogens is 303 g/mol. The summed E-state index contributed by atoms with van der Waals surface area (Å²) in [7, 11) is 0. The number of nitrogens with one attached hydrogen (secondary N) is 1. The van der Waals surface area contributed by atoms with Crippen LogP contribution in [-0.2, 0) is 12.8 Å². The van der Waals surface area contributed by atoms with Gasteiger partial charge in [0.15, 0.2) is 5.78 Å². The fraction of sp³-hybridized carbons (Fsp3) is 0.294. The molecule has 0 unspecified atom stereocenters. The predicted octanol–water partition coefficient (Wildman–Crippen LogP) is 4.70. The van der Waals surface area contributed by atoms with E-state index < -0.39 is 5.82 Å². The van der Waals surface area contributed by atoms with Gasteiger partial charge >= 0.3 is 0 Å². The maximum atomic E-state index is 13.2. The van der Waals surface area contributed by atoms with Crippen LogP contribution in [0.15, 0.2) is 24.4 Å². The van der Waals surface area contributed by atoms with E-state index in [4.69, 9.17) is 11.6 Å². The van der Waals surface area contributed by atoms with Crippen LogP contribution >= 0.6 is 11.6 Å². The van der Waals surface area contributed by atoms with Crippen molar-refractivity contribution in [2.24, 2.45) is 0 Å². The second-order valence-corrected chi connectivity index (χ2v) is 5.90. The summed E-state index contributed by atoms with van der Waals surface area (Å²) in [5.74, 6) is 0.318. The summed E-state index contributed by atoms with van der Waals surface area (Å²) in [6.07, 6.45) is 5.57. The highest BCUT2D eigenvalue weighted by Crippen LogP contribution is 2.31. The van der Waals surface area contributed by atoms with Gasteiger partial charge in [-0.1, -0.05) is 11.6 Å². The van der Waals surface area contributed by atoms with E-state index in [0.717, 1.165) is 42.6 Å². The number of benzene rings is 1. The number of fused-ring (bicyclic) bond motifs is 1. The fourth-order valence-electron chi connectivity index (χ4n) is 2.87. The van der Waals surface area contributed by atoms with Crippen LogP contribution < -0.4 is 5.32 Å². The fourth-order valence-corrected chi connectivity index (χ4v) is 3.05. The molecule has 0 radical (unpaired) electrons. The average Bonchev–Trinajstić information content (AvgIpc) is 2.51. The van der Waals surface area contributed by atoms with Crippen molar-refractivity contribution in [1.82, 2.24) is 4.98 Å². The molecule has 3 nitrogen and oxygen atoms in total. The van der Waals surface area contributed by atoms with Gasteiger partial charge in [-0.2, -0.15) is 0 Å². The van der Waals surface area contributed by atoms with Gasteiger partial charge in [0.1, 0.15) is 11.6 Å². The molecule has 0 amide bonds. The highest BCUT2D eigenvalue weighted by molar-refractivity contribution is 6.31. The summed E-state index contributed by atoms with van der Waals surface area (Å²) in [4.78, 5) is 16.1. The Bertz CT molecular complexity index is 746. The third-order valence-corrected chi connectivity index (χ3v) is 4.25. The van der Waals surface area contributed by atoms with Crippen molar-refractivity contribution in [1.29, 1.82) is 0 Å². The van der Waals surface area contributed by atoms with Crippen molar-refractivity contribution in [3.8, 4) is 0 Å². The maximum Gasteiger partial charge on any atom is 0.161 e. The first-order valence-corrected chi connectivity index (χ1v) is 7.68. The molecule has 0 atom stereocenters. The largest absolute Gasteiger partial charge is 0.340 e. The van der Waals surface area contributed by atoms with E-state index in [1.807, 2.05) is 0 Å². The number of nitrogens with zero attached hydrogens (tertiary/aromatic N) is 1. The van der Waals surface area contributed by atoms with Crippen LogP contribution in [0.5, 0.6) is 0 Å². The molecule has 1 aromatic carbocycles. The summed E-state index contributed by atoms with van der Waals surface area (Å²) in [5.41, 5.74) is 3.56. The molecule has 0 spiro atoms. The monoisotopic (exact) mass is 318 g/mol. The highest BCUT2D eigenvalue weighted by atomic mass is 35.5. The zero-order chi connectivity index (χ0) is 15.7. The Hall–Kier alpha value is -1.94. The Kier molecular flexibility index (Phi) is 4.12. The predicted molar refractivity (Wildman–Crippen MR) is 85.6 cm³/mol. The number of Topliss-reactive ketones (excluding diaryl/α,β-unsaturated/α-hetero) is 1. The normalized spacial score (nSPS) is 13.6. The van der Waals surface area contributed by atoms with E-state index in [9.17, 15) is 9.18 Å². The molecule has 5 heteroatoms. The smallest absolute Gasteiger partial charge is 0.161 e. The Morgan fingerprint density at radius 3 is 2.68 bits per heavy atom. The molecule has 3 rings (SSSR count). The summed E-state index contributed by atoms with van der Waals surface area (Å²) >= 11 is 5.81. The molecule has 22 heavy (non-hydrogen) atoms. The van der Waals surface area contributed by atoms with E-state index >= 15 is 0 Å². The number of carbonyl (C=O) groups is 1. The molecule has 0 aliphatic heterocycles. The van der Waals surface area contributed by atoms with Gasteiger partial charge in [0.25, 0.3) is 0 Å². The molecular formula is C17H16ClFN2O. The molecule has 1 N–H and O–H groups in total. The molecule has 1 aliphatic rings. The number of ketones is 1. The topological polar surface area (TPSA) is 42.0 Å². The number of hydrogen-bond acceptors (Lipinski definition) is 3. The lowest BCUT2D eigenvalue weighted by atomic mass is 9.88. The van der Waals surface area contributed by atoms with Crippen LogP contribution in [0.2, 0.25) is 5.02 Å². The van der Waals surface area contributed by atoms with Gasteiger partial charge in [0, 0.05) is 17.4 Å². The molecule has 1 aromatic heterocycles. The van der Waals surface area contributed by atoms with E-state index in [1.54, 1.807) is 19.2 Å². The molecule has 1 aliphatic carbocycles. The second-order valence-electron chi connectivity index (χ2n) is 5.49. The van der Waals surface area contributed by atoms with Crippen LogP contribution in [0, 0.1) is 5.82 Å². The maximum absolute atomic E-state index is 13.2. The Labute approximate surface area is 133 Å². The summed E-state index contributed by atoms with van der Waals surface area (Å²) < 4.78 is 13.2. The minimum Gasteiger partial charge on any atom is -0.340 e. The summed E-state index contributed by atoms with van der Waals surface area (Å²) in [6.45, 7) is 1.57. The number of hydrogen-bond donors (Lipinski definition) is 1. The van der Waals surface area contributed by atoms with Crippen molar-refractivity contribution < 1.29 is 9.18 Å². The number of anilines is 2. The van der Waals surface area contributed by atoms with Crippen molar-refractivity contribution in [3.05, 3.63) is 51.9 Å². The van der Waals surface area contributed by atoms with Crippen LogP contribution in [0.1, 0.15) is 41.3 Å². The van der Waals surface area contributed by atoms with Gasteiger partial charge in [0.2, 0.25) is 0 Å². The Morgan fingerprint density at radius 1 is 1.27 bits per heavy atom. The lowest BCUT2D eigenvalue weighted by Gasteiger charge is -2.21. The van der Waals surface area contributed by atoms with Crippen LogP contribution in [-0.4, -0.2) is 10.8 Å². The van der Waals surface area contributed by atoms with Crippen LogP contribution in [0.3, 0.4) is 0 Å². The van der Waals surface area contributed by atoms with E-state index in [2.05, 4.69) is 10.3 Å². The quantitative estimate of drug-likeness (QED) is 0.834. The number of aromatic nitrogens is 1. The van der Waals surface area contributed by atoms with Crippen LogP contribution in [0.25, 0.3) is 0 Å². The lowest BCUT2D eigenvalue weighted by molar-refractivity contribution is 0.101. The zero-order valence-corrected chi connectivity index (χ0v) is 13.0. The first-order valence-electron chi connectivity index (χ1n) is 7.30. The summed E-state index contributed by atoms with van der Waals surface area (Å²) in [5, 5.41) is 3.26. The number of pyridine rings is 1. The van der Waals surface area contributed by atoms with Gasteiger partial charge < -0.3 is 5.32 Å². The molecule has 0 saturated carbocycles. The minimum atomic E-state index is -0.450. The molecule has 2 aromatic rings. The summed E-state index contributed by atoms with van der Waals surface area (Å²) in [6, 6.07) is 4.48. The van der Waals surface area contributed by atoms with Gasteiger partial charge in [-0.15, -0.1) is 0 Å². The van der Waals surface area contributed by atoms with E-state index in [-0.39, 0.29) is 10.8 Å². The van der Waals surface area contributed by atoms with Gasteiger partial charge in [-0.3, -0.25) is 4.79 Å². The van der Waals surface area contributed by atoms with Crippen molar-refractivity contribution >= 4 is 28.9 Å². The third-order valence-electron chi connectivity index (χ3n) is 3.96. The molecule has 0 saturated heterocycles. The van der Waals surface area contributed by atoms with Gasteiger partial charge in [-0.05, 0) is 61.9 Å². The second kappa shape index (κ2) is 6.05. The number of rotatable bonds is 3. The van der Waals surface area contributed by atoms with E-state index in [0.29, 0.717) is 11.3 Å². The standard InChI is InChI=1S/C17H16ClFN2O/c1-10(22)14-9-20-17(13-5-3-2-4-12(13)14)21-11-6-7-16(19)15(18)8-11/h6-9H,2-5H2,1H3,(H,20,21). The highest BCUT2D eigenvalue weighted by Gasteiger charge is 2.20. The minimum absolute atomic E-state index is 0.0435. The molecule has 114 valence electrons. The average molecular weight is 319 g/mol. The first-order chi connectivity index (χ1) is 10.6. The molecule has 0 fully saturated rings. The van der Waals surface area contributed by atoms with Crippen molar-refractivity contribution in [2.75, 3.05) is 5.32 Å². The van der Waals surface area contributed by atoms with Gasteiger partial charge in [-0.25, -0.2) is 9.37 Å². The Morgan fingerprint density at radius 2 is 2.00 bits per heavy atom. The zero-order valence-electron chi connectivity index (χ0n) is 12.2. The molecule has 0 bridgehead atoms. The molecule has 1 heterocycles. The van der Waals surface area contributed by atoms with Crippen molar-refractivity contribution in [2.45, 2.75) is 32.6 Å². The van der Waals surface area contributed by atoms with E-state index in [1.165, 1.54) is 12.1 Å². The third kappa shape index (κ3) is 2.83. The lowest BCUT2D eigenvalue weighted by Crippen LogP contribution is -2.13.